The van der Waals surface area contributed by atoms with E-state index in [9.17, 15) is 5.26 Å². The summed E-state index contributed by atoms with van der Waals surface area (Å²) in [4.78, 5) is 4.35. The van der Waals surface area contributed by atoms with Crippen LogP contribution in [0.3, 0.4) is 0 Å². The van der Waals surface area contributed by atoms with Gasteiger partial charge in [-0.2, -0.15) is 5.26 Å². The van der Waals surface area contributed by atoms with E-state index in [4.69, 9.17) is 33.7 Å². The number of hydrogen-bond acceptors (Lipinski definition) is 4. The highest BCUT2D eigenvalue weighted by Crippen LogP contribution is 2.35. The van der Waals surface area contributed by atoms with Gasteiger partial charge in [0.1, 0.15) is 23.2 Å². The molecule has 0 saturated carbocycles. The molecule has 3 rings (SSSR count). The molecule has 0 bridgehead atoms. The quantitative estimate of drug-likeness (QED) is 0.575. The minimum atomic E-state index is 0.146. The van der Waals surface area contributed by atoms with Crippen LogP contribution in [-0.4, -0.2) is 11.6 Å². The maximum absolute atomic E-state index is 9.55. The van der Waals surface area contributed by atoms with E-state index in [-0.39, 0.29) is 5.82 Å². The summed E-state index contributed by atoms with van der Waals surface area (Å²) in [6, 6.07) is 16.6. The fourth-order valence-corrected chi connectivity index (χ4v) is 3.08. The number of nitrogens with two attached hydrogens (primary N) is 1. The van der Waals surface area contributed by atoms with Crippen molar-refractivity contribution in [2.75, 3.05) is 12.3 Å². The molecule has 27 heavy (non-hydrogen) atoms. The minimum absolute atomic E-state index is 0.146. The highest BCUT2D eigenvalue weighted by Gasteiger charge is 2.15. The third-order valence-corrected chi connectivity index (χ3v) is 4.57. The summed E-state index contributed by atoms with van der Waals surface area (Å²) in [6.07, 6.45) is 0.935. The maximum atomic E-state index is 9.55. The molecule has 0 amide bonds. The average molecular weight is 398 g/mol. The van der Waals surface area contributed by atoms with Crippen LogP contribution >= 0.6 is 23.2 Å². The van der Waals surface area contributed by atoms with Crippen LogP contribution in [-0.2, 0) is 0 Å². The minimum Gasteiger partial charge on any atom is -0.494 e. The highest BCUT2D eigenvalue weighted by molar-refractivity contribution is 6.35. The van der Waals surface area contributed by atoms with Gasteiger partial charge in [0.25, 0.3) is 0 Å². The second-order valence-corrected chi connectivity index (χ2v) is 6.77. The lowest BCUT2D eigenvalue weighted by molar-refractivity contribution is 0.317. The van der Waals surface area contributed by atoms with E-state index in [1.54, 1.807) is 24.3 Å². The van der Waals surface area contributed by atoms with E-state index in [0.29, 0.717) is 39.0 Å². The summed E-state index contributed by atoms with van der Waals surface area (Å²) in [5, 5.41) is 10.6. The smallest absolute Gasteiger partial charge is 0.142 e. The number of rotatable bonds is 5. The lowest BCUT2D eigenvalue weighted by Crippen LogP contribution is -2.00. The molecule has 0 aliphatic rings. The fraction of sp³-hybridized carbons (Fsp3) is 0.143. The Kier molecular flexibility index (Phi) is 5.85. The Morgan fingerprint density at radius 1 is 1.07 bits per heavy atom. The zero-order chi connectivity index (χ0) is 19.4. The van der Waals surface area contributed by atoms with Crippen LogP contribution in [0.5, 0.6) is 5.75 Å². The van der Waals surface area contributed by atoms with Crippen molar-refractivity contribution in [3.63, 3.8) is 0 Å². The van der Waals surface area contributed by atoms with Crippen LogP contribution < -0.4 is 10.5 Å². The molecule has 0 aliphatic carbocycles. The van der Waals surface area contributed by atoms with E-state index in [0.717, 1.165) is 17.7 Å². The maximum Gasteiger partial charge on any atom is 0.142 e. The van der Waals surface area contributed by atoms with Crippen LogP contribution in [0.1, 0.15) is 18.9 Å². The summed E-state index contributed by atoms with van der Waals surface area (Å²) in [5.41, 5.74) is 9.10. The van der Waals surface area contributed by atoms with E-state index >= 15 is 0 Å². The van der Waals surface area contributed by atoms with Crippen molar-refractivity contribution in [2.45, 2.75) is 13.3 Å². The number of anilines is 1. The number of nitriles is 1. The van der Waals surface area contributed by atoms with E-state index in [2.05, 4.69) is 18.0 Å². The highest BCUT2D eigenvalue weighted by atomic mass is 35.5. The van der Waals surface area contributed by atoms with Gasteiger partial charge < -0.3 is 10.5 Å². The first-order chi connectivity index (χ1) is 13.0. The molecule has 0 fully saturated rings. The first-order valence-electron chi connectivity index (χ1n) is 8.42. The van der Waals surface area contributed by atoms with Gasteiger partial charge in [-0.15, -0.1) is 0 Å². The topological polar surface area (TPSA) is 71.9 Å². The van der Waals surface area contributed by atoms with Gasteiger partial charge in [0.2, 0.25) is 0 Å². The number of pyridine rings is 1. The van der Waals surface area contributed by atoms with Crippen molar-refractivity contribution in [1.29, 1.82) is 5.26 Å². The Balaban J connectivity index is 2.10. The lowest BCUT2D eigenvalue weighted by Gasteiger charge is -2.12. The van der Waals surface area contributed by atoms with Crippen LogP contribution in [0, 0.1) is 11.3 Å². The molecular formula is C21H17Cl2N3O. The molecule has 0 unspecified atom stereocenters. The predicted octanol–water partition coefficient (Wildman–Crippen LogP) is 5.97. The molecule has 4 nitrogen and oxygen atoms in total. The monoisotopic (exact) mass is 397 g/mol. The normalized spacial score (nSPS) is 10.4. The van der Waals surface area contributed by atoms with Crippen LogP contribution in [0.4, 0.5) is 5.82 Å². The molecule has 2 aromatic carbocycles. The van der Waals surface area contributed by atoms with Crippen molar-refractivity contribution in [1.82, 2.24) is 4.98 Å². The third-order valence-electron chi connectivity index (χ3n) is 4.00. The van der Waals surface area contributed by atoms with Gasteiger partial charge in [-0.1, -0.05) is 42.3 Å². The molecule has 0 atom stereocenters. The van der Waals surface area contributed by atoms with Crippen LogP contribution in [0.2, 0.25) is 10.0 Å². The molecule has 3 aromatic rings. The zero-order valence-electron chi connectivity index (χ0n) is 14.7. The van der Waals surface area contributed by atoms with Crippen molar-refractivity contribution >= 4 is 29.0 Å². The summed E-state index contributed by atoms with van der Waals surface area (Å²) in [6.45, 7) is 2.71. The van der Waals surface area contributed by atoms with E-state index in [1.165, 1.54) is 0 Å². The molecule has 1 aromatic heterocycles. The Labute approximate surface area is 168 Å². The second kappa shape index (κ2) is 8.30. The van der Waals surface area contributed by atoms with E-state index in [1.807, 2.05) is 24.3 Å². The average Bonchev–Trinajstić information content (AvgIpc) is 2.68. The molecule has 0 radical (unpaired) electrons. The summed E-state index contributed by atoms with van der Waals surface area (Å²) in [7, 11) is 0. The van der Waals surface area contributed by atoms with Gasteiger partial charge in [0, 0.05) is 16.1 Å². The third kappa shape index (κ3) is 4.16. The van der Waals surface area contributed by atoms with Gasteiger partial charge in [-0.25, -0.2) is 4.98 Å². The van der Waals surface area contributed by atoms with Crippen LogP contribution in [0.15, 0.2) is 48.5 Å². The molecule has 1 heterocycles. The number of ether oxygens (including phenoxy) is 1. The van der Waals surface area contributed by atoms with Gasteiger partial charge in [0.05, 0.1) is 17.3 Å². The molecule has 0 aliphatic heterocycles. The Morgan fingerprint density at radius 3 is 2.48 bits per heavy atom. The number of aromatic nitrogens is 1. The summed E-state index contributed by atoms with van der Waals surface area (Å²) in [5.74, 6) is 0.923. The molecule has 0 spiro atoms. The second-order valence-electron chi connectivity index (χ2n) is 5.92. The van der Waals surface area contributed by atoms with Crippen molar-refractivity contribution < 1.29 is 4.74 Å². The number of nitrogens with zero attached hydrogens (tertiary/aromatic N) is 2. The molecule has 2 N–H and O–H groups in total. The first kappa shape index (κ1) is 19.0. The van der Waals surface area contributed by atoms with E-state index < -0.39 is 0 Å². The number of nitrogen functional groups attached to an aromatic ring is 1. The van der Waals surface area contributed by atoms with Crippen molar-refractivity contribution in [3.8, 4) is 34.2 Å². The molecule has 136 valence electrons. The van der Waals surface area contributed by atoms with Gasteiger partial charge in [0.15, 0.2) is 0 Å². The van der Waals surface area contributed by atoms with Gasteiger partial charge in [-0.05, 0) is 48.4 Å². The molecule has 0 saturated heterocycles. The SMILES string of the molecule is CCCOc1ccc(-c2cc(-c3cc(Cl)ccc3Cl)nc(N)c2C#N)cc1. The zero-order valence-corrected chi connectivity index (χ0v) is 16.2. The Hall–Kier alpha value is -2.74. The summed E-state index contributed by atoms with van der Waals surface area (Å²) < 4.78 is 5.61. The molecule has 6 heteroatoms. The number of halogens is 2. The van der Waals surface area contributed by atoms with Gasteiger partial charge in [-0.3, -0.25) is 0 Å². The molecular weight excluding hydrogens is 381 g/mol. The van der Waals surface area contributed by atoms with Gasteiger partial charge >= 0.3 is 0 Å². The Bertz CT molecular complexity index is 1010. The van der Waals surface area contributed by atoms with Crippen LogP contribution in [0.25, 0.3) is 22.4 Å². The predicted molar refractivity (Wildman–Crippen MR) is 110 cm³/mol. The summed E-state index contributed by atoms with van der Waals surface area (Å²) >= 11 is 12.4. The standard InChI is InChI=1S/C21H17Cl2N3O/c1-2-9-27-15-6-3-13(4-7-15)16-11-20(26-21(25)18(16)12-24)17-10-14(22)5-8-19(17)23/h3-8,10-11H,2,9H2,1H3,(H2,25,26). The van der Waals surface area contributed by atoms with Crippen molar-refractivity contribution in [3.05, 3.63) is 64.1 Å². The van der Waals surface area contributed by atoms with Crippen molar-refractivity contribution in [2.24, 2.45) is 0 Å². The lowest BCUT2D eigenvalue weighted by atomic mass is 9.98. The number of hydrogen-bond donors (Lipinski definition) is 1. The Morgan fingerprint density at radius 2 is 1.81 bits per heavy atom. The first-order valence-corrected chi connectivity index (χ1v) is 9.18. The fourth-order valence-electron chi connectivity index (χ4n) is 2.69. The largest absolute Gasteiger partial charge is 0.494 e. The number of benzene rings is 2.